The fourth-order valence-electron chi connectivity index (χ4n) is 4.42. The first-order chi connectivity index (χ1) is 15.5. The second-order valence-electron chi connectivity index (χ2n) is 7.94. The monoisotopic (exact) mass is 450 g/mol. The van der Waals surface area contributed by atoms with Gasteiger partial charge in [-0.3, -0.25) is 19.0 Å². The van der Waals surface area contributed by atoms with Crippen LogP contribution in [0.15, 0.2) is 39.5 Å². The van der Waals surface area contributed by atoms with Crippen molar-refractivity contribution in [3.63, 3.8) is 0 Å². The molecule has 0 radical (unpaired) electrons. The Kier molecular flexibility index (Phi) is 5.17. The number of ketones is 1. The van der Waals surface area contributed by atoms with Gasteiger partial charge >= 0.3 is 5.97 Å². The number of para-hydroxylation sites is 1. The highest BCUT2D eigenvalue weighted by Gasteiger charge is 2.33. The van der Waals surface area contributed by atoms with Crippen molar-refractivity contribution >= 4 is 44.3 Å². The van der Waals surface area contributed by atoms with E-state index in [1.54, 1.807) is 26.0 Å². The van der Waals surface area contributed by atoms with E-state index in [4.69, 9.17) is 9.15 Å². The quantitative estimate of drug-likeness (QED) is 0.331. The molecule has 1 aromatic carbocycles. The molecule has 0 saturated heterocycles. The number of nitrogens with zero attached hydrogens (tertiary/aromatic N) is 2. The van der Waals surface area contributed by atoms with Crippen LogP contribution in [0.4, 0.5) is 0 Å². The summed E-state index contributed by atoms with van der Waals surface area (Å²) < 4.78 is 12.3. The van der Waals surface area contributed by atoms with Crippen molar-refractivity contribution in [2.75, 3.05) is 6.61 Å². The summed E-state index contributed by atoms with van der Waals surface area (Å²) >= 11 is 1.46. The minimum Gasteiger partial charge on any atom is -0.466 e. The number of hydrogen-bond acceptors (Lipinski definition) is 7. The Morgan fingerprint density at radius 3 is 2.91 bits per heavy atom. The van der Waals surface area contributed by atoms with Crippen molar-refractivity contribution < 1.29 is 18.7 Å². The number of furan rings is 1. The van der Waals surface area contributed by atoms with E-state index in [-0.39, 0.29) is 29.6 Å². The lowest BCUT2D eigenvalue weighted by Gasteiger charge is -2.21. The SMILES string of the molecule is CCOC(=O)C1CCCc2sc3nc(C)n(CC(=O)c4cc5ccccc5o4)c(=O)c3c21. The molecule has 8 heteroatoms. The maximum Gasteiger partial charge on any atom is 0.313 e. The van der Waals surface area contributed by atoms with Crippen LogP contribution in [-0.4, -0.2) is 27.9 Å². The number of esters is 1. The van der Waals surface area contributed by atoms with Crippen molar-refractivity contribution in [2.45, 2.75) is 45.6 Å². The van der Waals surface area contributed by atoms with Crippen molar-refractivity contribution in [3.8, 4) is 0 Å². The Balaban J connectivity index is 1.58. The van der Waals surface area contributed by atoms with Crippen LogP contribution in [0.1, 0.15) is 52.5 Å². The molecule has 0 fully saturated rings. The molecule has 1 aliphatic rings. The lowest BCUT2D eigenvalue weighted by atomic mass is 9.86. The third-order valence-electron chi connectivity index (χ3n) is 5.93. The van der Waals surface area contributed by atoms with Crippen LogP contribution in [0.5, 0.6) is 0 Å². The minimum atomic E-state index is -0.468. The molecule has 4 aromatic rings. The van der Waals surface area contributed by atoms with Crippen molar-refractivity contribution in [1.29, 1.82) is 0 Å². The summed E-state index contributed by atoms with van der Waals surface area (Å²) in [5.41, 5.74) is 1.06. The average Bonchev–Trinajstić information content (AvgIpc) is 3.37. The fourth-order valence-corrected chi connectivity index (χ4v) is 5.73. The Bertz CT molecular complexity index is 1390. The topological polar surface area (TPSA) is 91.4 Å². The molecule has 164 valence electrons. The number of thiophene rings is 1. The Morgan fingerprint density at radius 2 is 2.12 bits per heavy atom. The van der Waals surface area contributed by atoms with Gasteiger partial charge in [0, 0.05) is 10.3 Å². The van der Waals surface area contributed by atoms with Gasteiger partial charge in [0.1, 0.15) is 16.2 Å². The lowest BCUT2D eigenvalue weighted by molar-refractivity contribution is -0.145. The number of Topliss-reactive ketones (excluding diaryl/α,β-unsaturated/α-hetero) is 1. The zero-order valence-electron chi connectivity index (χ0n) is 17.8. The summed E-state index contributed by atoms with van der Waals surface area (Å²) in [7, 11) is 0. The normalized spacial score (nSPS) is 15.8. The van der Waals surface area contributed by atoms with Crippen LogP contribution in [0.25, 0.3) is 21.2 Å². The highest BCUT2D eigenvalue weighted by atomic mass is 32.1. The zero-order valence-corrected chi connectivity index (χ0v) is 18.7. The Morgan fingerprint density at radius 1 is 1.31 bits per heavy atom. The molecule has 1 unspecified atom stereocenters. The summed E-state index contributed by atoms with van der Waals surface area (Å²) in [4.78, 5) is 45.3. The van der Waals surface area contributed by atoms with Crippen LogP contribution in [0.3, 0.4) is 0 Å². The third-order valence-corrected chi connectivity index (χ3v) is 7.09. The molecule has 0 amide bonds. The molecule has 7 nitrogen and oxygen atoms in total. The van der Waals surface area contributed by atoms with Gasteiger partial charge in [-0.15, -0.1) is 11.3 Å². The van der Waals surface area contributed by atoms with E-state index in [2.05, 4.69) is 4.98 Å². The van der Waals surface area contributed by atoms with E-state index >= 15 is 0 Å². The molecule has 0 aliphatic heterocycles. The van der Waals surface area contributed by atoms with E-state index in [1.807, 2.05) is 18.2 Å². The van der Waals surface area contributed by atoms with Gasteiger partial charge in [-0.2, -0.15) is 0 Å². The summed E-state index contributed by atoms with van der Waals surface area (Å²) in [6, 6.07) is 9.07. The molecule has 3 heterocycles. The number of aryl methyl sites for hydroxylation is 2. The number of benzene rings is 1. The molecule has 5 rings (SSSR count). The number of carbonyl (C=O) groups is 2. The van der Waals surface area contributed by atoms with Gasteiger partial charge < -0.3 is 9.15 Å². The Labute approximate surface area is 187 Å². The van der Waals surface area contributed by atoms with E-state index in [9.17, 15) is 14.4 Å². The smallest absolute Gasteiger partial charge is 0.313 e. The molecule has 0 N–H and O–H groups in total. The lowest BCUT2D eigenvalue weighted by Crippen LogP contribution is -2.29. The van der Waals surface area contributed by atoms with E-state index < -0.39 is 5.92 Å². The summed E-state index contributed by atoms with van der Waals surface area (Å²) in [5, 5.41) is 1.27. The fraction of sp³-hybridized carbons (Fsp3) is 0.333. The second kappa shape index (κ2) is 8.02. The predicted molar refractivity (Wildman–Crippen MR) is 121 cm³/mol. The maximum atomic E-state index is 13.5. The number of carbonyl (C=O) groups excluding carboxylic acids is 2. The van der Waals surface area contributed by atoms with Crippen LogP contribution < -0.4 is 5.56 Å². The third kappa shape index (κ3) is 3.35. The molecule has 1 atom stereocenters. The highest BCUT2D eigenvalue weighted by molar-refractivity contribution is 7.18. The molecule has 32 heavy (non-hydrogen) atoms. The molecule has 1 aliphatic carbocycles. The summed E-state index contributed by atoms with van der Waals surface area (Å²) in [6.07, 6.45) is 2.31. The predicted octanol–water partition coefficient (Wildman–Crippen LogP) is 4.38. The average molecular weight is 451 g/mol. The van der Waals surface area contributed by atoms with Gasteiger partial charge in [-0.1, -0.05) is 18.2 Å². The molecule has 0 saturated carbocycles. The zero-order chi connectivity index (χ0) is 22.4. The van der Waals surface area contributed by atoms with Crippen molar-refractivity contribution in [1.82, 2.24) is 9.55 Å². The van der Waals surface area contributed by atoms with E-state index in [0.29, 0.717) is 34.7 Å². The number of rotatable bonds is 5. The highest BCUT2D eigenvalue weighted by Crippen LogP contribution is 2.41. The van der Waals surface area contributed by atoms with Crippen LogP contribution in [-0.2, 0) is 22.5 Å². The Hall–Kier alpha value is -3.26. The van der Waals surface area contributed by atoms with Crippen LogP contribution in [0, 0.1) is 6.92 Å². The van der Waals surface area contributed by atoms with Crippen molar-refractivity contribution in [2.24, 2.45) is 0 Å². The van der Waals surface area contributed by atoms with Gasteiger partial charge in [-0.05, 0) is 50.8 Å². The van der Waals surface area contributed by atoms with Gasteiger partial charge in [-0.25, -0.2) is 4.98 Å². The summed E-state index contributed by atoms with van der Waals surface area (Å²) in [6.45, 7) is 3.60. The maximum absolute atomic E-state index is 13.5. The number of aromatic nitrogens is 2. The first kappa shape index (κ1) is 20.6. The second-order valence-corrected chi connectivity index (χ2v) is 9.02. The molecule has 3 aromatic heterocycles. The van der Waals surface area contributed by atoms with E-state index in [1.165, 1.54) is 15.9 Å². The number of ether oxygens (including phenoxy) is 1. The first-order valence-electron chi connectivity index (χ1n) is 10.7. The van der Waals surface area contributed by atoms with Crippen molar-refractivity contribution in [3.05, 3.63) is 62.7 Å². The van der Waals surface area contributed by atoms with Gasteiger partial charge in [0.25, 0.3) is 5.56 Å². The number of hydrogen-bond donors (Lipinski definition) is 0. The molecular formula is C24H22N2O5S. The minimum absolute atomic E-state index is 0.178. The van der Waals surface area contributed by atoms with Gasteiger partial charge in [0.05, 0.1) is 24.5 Å². The number of fused-ring (bicyclic) bond motifs is 4. The first-order valence-corrected chi connectivity index (χ1v) is 11.5. The molecule has 0 bridgehead atoms. The molecular weight excluding hydrogens is 428 g/mol. The largest absolute Gasteiger partial charge is 0.466 e. The molecule has 0 spiro atoms. The summed E-state index contributed by atoms with van der Waals surface area (Å²) in [5.74, 6) is -0.423. The van der Waals surface area contributed by atoms with Gasteiger partial charge in [0.2, 0.25) is 5.78 Å². The van der Waals surface area contributed by atoms with Crippen LogP contribution >= 0.6 is 11.3 Å². The van der Waals surface area contributed by atoms with E-state index in [0.717, 1.165) is 28.7 Å². The standard InChI is InChI=1S/C24H22N2O5S/c1-3-30-24(29)15-8-6-10-19-20(15)21-22(32-19)25-13(2)26(23(21)28)12-16(27)18-11-14-7-4-5-9-17(14)31-18/h4-5,7,9,11,15H,3,6,8,10,12H2,1-2H3. The van der Waals surface area contributed by atoms with Crippen LogP contribution in [0.2, 0.25) is 0 Å². The van der Waals surface area contributed by atoms with Gasteiger partial charge in [0.15, 0.2) is 5.76 Å².